The van der Waals surface area contributed by atoms with Gasteiger partial charge in [-0.2, -0.15) is 0 Å². The van der Waals surface area contributed by atoms with Crippen molar-refractivity contribution in [2.24, 2.45) is 0 Å². The number of para-hydroxylation sites is 1. The lowest BCUT2D eigenvalue weighted by Crippen LogP contribution is -2.41. The molecule has 2 rings (SSSR count). The van der Waals surface area contributed by atoms with Gasteiger partial charge in [-0.05, 0) is 44.9 Å². The summed E-state index contributed by atoms with van der Waals surface area (Å²) in [5.74, 6) is -0.961. The van der Waals surface area contributed by atoms with Crippen LogP contribution in [0.4, 0.5) is 0 Å². The third-order valence-corrected chi connectivity index (χ3v) is 3.73. The molecule has 19 heavy (non-hydrogen) atoms. The molecule has 0 aliphatic heterocycles. The smallest absolute Gasteiger partial charge is 0.255 e. The second-order valence-electron chi connectivity index (χ2n) is 4.98. The molecule has 1 aromatic rings. The fourth-order valence-corrected chi connectivity index (χ4v) is 2.50. The molecule has 1 aliphatic carbocycles. The molecule has 1 aliphatic rings. The van der Waals surface area contributed by atoms with E-state index in [-0.39, 0.29) is 29.0 Å². The van der Waals surface area contributed by atoms with Crippen LogP contribution in [0.25, 0.3) is 0 Å². The zero-order valence-corrected chi connectivity index (χ0v) is 11.0. The third-order valence-electron chi connectivity index (χ3n) is 3.73. The van der Waals surface area contributed by atoms with E-state index in [0.717, 1.165) is 25.7 Å². The van der Waals surface area contributed by atoms with E-state index in [9.17, 15) is 15.0 Å². The van der Waals surface area contributed by atoms with Crippen molar-refractivity contribution >= 4 is 5.91 Å². The van der Waals surface area contributed by atoms with Crippen molar-refractivity contribution in [3.05, 3.63) is 23.8 Å². The van der Waals surface area contributed by atoms with E-state index < -0.39 is 0 Å². The molecule has 0 atom stereocenters. The van der Waals surface area contributed by atoms with Crippen LogP contribution in [0, 0.1) is 0 Å². The highest BCUT2D eigenvalue weighted by Crippen LogP contribution is 2.28. The molecule has 0 heterocycles. The molecule has 104 valence electrons. The largest absolute Gasteiger partial charge is 0.504 e. The van der Waals surface area contributed by atoms with E-state index in [1.165, 1.54) is 12.1 Å². The second kappa shape index (κ2) is 5.93. The van der Waals surface area contributed by atoms with E-state index in [1.807, 2.05) is 7.05 Å². The van der Waals surface area contributed by atoms with Gasteiger partial charge in [-0.25, -0.2) is 0 Å². The first-order valence-corrected chi connectivity index (χ1v) is 6.61. The number of phenols is 2. The first kappa shape index (κ1) is 13.7. The Morgan fingerprint density at radius 1 is 1.16 bits per heavy atom. The molecule has 0 bridgehead atoms. The average Bonchev–Trinajstić information content (AvgIpc) is 2.42. The van der Waals surface area contributed by atoms with Gasteiger partial charge < -0.3 is 20.8 Å². The molecule has 0 spiro atoms. The summed E-state index contributed by atoms with van der Waals surface area (Å²) in [7, 11) is 1.95. The summed E-state index contributed by atoms with van der Waals surface area (Å²) in [6, 6.07) is 5.07. The minimum atomic E-state index is -0.357. The molecular weight excluding hydrogens is 244 g/mol. The standard InChI is InChI=1S/C14H20N2O3/c1-15-9-5-7-10(8-6-9)16-14(19)11-3-2-4-12(17)13(11)18/h2-4,9-10,15,17-18H,5-8H2,1H3,(H,16,19). The van der Waals surface area contributed by atoms with Crippen molar-refractivity contribution in [1.82, 2.24) is 10.6 Å². The van der Waals surface area contributed by atoms with Crippen molar-refractivity contribution in [1.29, 1.82) is 0 Å². The van der Waals surface area contributed by atoms with Crippen LogP contribution in [0.2, 0.25) is 0 Å². The van der Waals surface area contributed by atoms with E-state index in [1.54, 1.807) is 6.07 Å². The lowest BCUT2D eigenvalue weighted by atomic mass is 9.91. The Balaban J connectivity index is 1.96. The normalized spacial score (nSPS) is 23.0. The maximum absolute atomic E-state index is 12.0. The summed E-state index contributed by atoms with van der Waals surface area (Å²) in [6.45, 7) is 0. The van der Waals surface area contributed by atoms with Gasteiger partial charge in [0.05, 0.1) is 5.56 Å². The summed E-state index contributed by atoms with van der Waals surface area (Å²) in [5.41, 5.74) is 0.121. The van der Waals surface area contributed by atoms with Crippen LogP contribution in [0.15, 0.2) is 18.2 Å². The van der Waals surface area contributed by atoms with Gasteiger partial charge in [-0.3, -0.25) is 4.79 Å². The van der Waals surface area contributed by atoms with E-state index in [0.29, 0.717) is 6.04 Å². The molecule has 4 N–H and O–H groups in total. The summed E-state index contributed by atoms with van der Waals surface area (Å²) in [5, 5.41) is 25.2. The fourth-order valence-electron chi connectivity index (χ4n) is 2.50. The topological polar surface area (TPSA) is 81.6 Å². The molecule has 1 fully saturated rings. The van der Waals surface area contributed by atoms with Crippen molar-refractivity contribution < 1.29 is 15.0 Å². The lowest BCUT2D eigenvalue weighted by Gasteiger charge is -2.28. The first-order valence-electron chi connectivity index (χ1n) is 6.61. The van der Waals surface area contributed by atoms with E-state index >= 15 is 0 Å². The molecule has 0 radical (unpaired) electrons. The number of phenolic OH excluding ortho intramolecular Hbond substituents is 2. The van der Waals surface area contributed by atoms with Crippen LogP contribution in [-0.2, 0) is 0 Å². The number of carbonyl (C=O) groups is 1. The lowest BCUT2D eigenvalue weighted by molar-refractivity contribution is 0.0921. The Hall–Kier alpha value is -1.75. The van der Waals surface area contributed by atoms with Gasteiger partial charge in [0.2, 0.25) is 0 Å². The van der Waals surface area contributed by atoms with E-state index in [4.69, 9.17) is 0 Å². The van der Waals surface area contributed by atoms with Gasteiger partial charge in [0.15, 0.2) is 11.5 Å². The summed E-state index contributed by atoms with van der Waals surface area (Å²) < 4.78 is 0. The highest BCUT2D eigenvalue weighted by molar-refractivity contribution is 5.97. The van der Waals surface area contributed by atoms with Crippen LogP contribution >= 0.6 is 0 Å². The number of benzene rings is 1. The zero-order chi connectivity index (χ0) is 13.8. The van der Waals surface area contributed by atoms with Gasteiger partial charge in [0.1, 0.15) is 0 Å². The maximum Gasteiger partial charge on any atom is 0.255 e. The van der Waals surface area contributed by atoms with Gasteiger partial charge >= 0.3 is 0 Å². The number of nitrogens with one attached hydrogen (secondary N) is 2. The Labute approximate surface area is 112 Å². The number of amides is 1. The van der Waals surface area contributed by atoms with Crippen molar-refractivity contribution in [3.8, 4) is 11.5 Å². The predicted molar refractivity (Wildman–Crippen MR) is 72.3 cm³/mol. The third kappa shape index (κ3) is 3.17. The fraction of sp³-hybridized carbons (Fsp3) is 0.500. The van der Waals surface area contributed by atoms with Crippen LogP contribution in [0.3, 0.4) is 0 Å². The number of carbonyl (C=O) groups excluding carboxylic acids is 1. The Morgan fingerprint density at radius 3 is 2.42 bits per heavy atom. The monoisotopic (exact) mass is 264 g/mol. The molecule has 5 heteroatoms. The summed E-state index contributed by atoms with van der Waals surface area (Å²) >= 11 is 0. The summed E-state index contributed by atoms with van der Waals surface area (Å²) in [6.07, 6.45) is 3.93. The van der Waals surface area contributed by atoms with Crippen molar-refractivity contribution in [2.75, 3.05) is 7.05 Å². The number of aromatic hydroxyl groups is 2. The molecule has 5 nitrogen and oxygen atoms in total. The second-order valence-corrected chi connectivity index (χ2v) is 4.98. The van der Waals surface area contributed by atoms with Crippen molar-refractivity contribution in [2.45, 2.75) is 37.8 Å². The van der Waals surface area contributed by atoms with Crippen LogP contribution in [0.5, 0.6) is 11.5 Å². The van der Waals surface area contributed by atoms with Gasteiger partial charge in [0, 0.05) is 12.1 Å². The van der Waals surface area contributed by atoms with Crippen molar-refractivity contribution in [3.63, 3.8) is 0 Å². The summed E-state index contributed by atoms with van der Waals surface area (Å²) in [4.78, 5) is 12.0. The van der Waals surface area contributed by atoms with Gasteiger partial charge in [0.25, 0.3) is 5.91 Å². The molecule has 0 unspecified atom stereocenters. The highest BCUT2D eigenvalue weighted by atomic mass is 16.3. The number of hydrogen-bond donors (Lipinski definition) is 4. The average molecular weight is 264 g/mol. The molecule has 1 aromatic carbocycles. The minimum Gasteiger partial charge on any atom is -0.504 e. The number of hydrogen-bond acceptors (Lipinski definition) is 4. The van der Waals surface area contributed by atoms with Crippen LogP contribution in [0.1, 0.15) is 36.0 Å². The van der Waals surface area contributed by atoms with Gasteiger partial charge in [-0.1, -0.05) is 6.07 Å². The Morgan fingerprint density at radius 2 is 1.79 bits per heavy atom. The Bertz CT molecular complexity index is 454. The maximum atomic E-state index is 12.0. The molecular formula is C14H20N2O3. The van der Waals surface area contributed by atoms with Crippen LogP contribution in [-0.4, -0.2) is 35.3 Å². The predicted octanol–water partition coefficient (Wildman–Crippen LogP) is 1.36. The quantitative estimate of drug-likeness (QED) is 0.621. The molecule has 0 saturated heterocycles. The molecule has 0 aromatic heterocycles. The Kier molecular flexibility index (Phi) is 4.27. The number of rotatable bonds is 3. The highest BCUT2D eigenvalue weighted by Gasteiger charge is 2.23. The molecule has 1 saturated carbocycles. The SMILES string of the molecule is CNC1CCC(NC(=O)c2cccc(O)c2O)CC1. The minimum absolute atomic E-state index is 0.121. The van der Waals surface area contributed by atoms with E-state index in [2.05, 4.69) is 10.6 Å². The molecule has 1 amide bonds. The van der Waals surface area contributed by atoms with Gasteiger partial charge in [-0.15, -0.1) is 0 Å². The van der Waals surface area contributed by atoms with Crippen LogP contribution < -0.4 is 10.6 Å². The zero-order valence-electron chi connectivity index (χ0n) is 11.0. The first-order chi connectivity index (χ1) is 9.11.